The summed E-state index contributed by atoms with van der Waals surface area (Å²) in [7, 11) is 0. The number of rotatable bonds is 5. The summed E-state index contributed by atoms with van der Waals surface area (Å²) in [5.41, 5.74) is -0.346. The fourth-order valence-electron chi connectivity index (χ4n) is 1.86. The van der Waals surface area contributed by atoms with E-state index in [2.05, 4.69) is 10.3 Å². The van der Waals surface area contributed by atoms with E-state index < -0.39 is 11.8 Å². The average molecular weight is 238 g/mol. The van der Waals surface area contributed by atoms with Gasteiger partial charge in [0, 0.05) is 12.2 Å². The number of nitrogens with one attached hydrogen (secondary N) is 1. The molecule has 0 saturated heterocycles. The second-order valence-corrected chi connectivity index (χ2v) is 4.55. The first-order chi connectivity index (χ1) is 8.08. The minimum absolute atomic E-state index is 0.0260. The highest BCUT2D eigenvalue weighted by Crippen LogP contribution is 2.34. The van der Waals surface area contributed by atoms with Crippen LogP contribution in [-0.2, 0) is 0 Å². The highest BCUT2D eigenvalue weighted by Gasteiger charge is 2.24. The highest BCUT2D eigenvalue weighted by molar-refractivity contribution is 5.88. The zero-order valence-electron chi connectivity index (χ0n) is 9.61. The molecule has 1 aliphatic carbocycles. The summed E-state index contributed by atoms with van der Waals surface area (Å²) in [6.45, 7) is 1.95. The van der Waals surface area contributed by atoms with Crippen LogP contribution >= 0.6 is 0 Å². The van der Waals surface area contributed by atoms with E-state index in [9.17, 15) is 9.18 Å². The zero-order valence-corrected chi connectivity index (χ0v) is 9.61. The van der Waals surface area contributed by atoms with Gasteiger partial charge in [-0.2, -0.15) is 0 Å². The van der Waals surface area contributed by atoms with Crippen molar-refractivity contribution in [2.45, 2.75) is 32.2 Å². The van der Waals surface area contributed by atoms with Crippen molar-refractivity contribution in [3.63, 3.8) is 0 Å². The van der Waals surface area contributed by atoms with Gasteiger partial charge in [0.2, 0.25) is 0 Å². The number of hydrogen-bond acceptors (Lipinski definition) is 3. The van der Waals surface area contributed by atoms with Crippen LogP contribution in [0.1, 0.15) is 36.5 Å². The molecule has 0 aromatic carbocycles. The number of aromatic carboxylic acids is 1. The summed E-state index contributed by atoms with van der Waals surface area (Å²) >= 11 is 0. The molecule has 2 rings (SSSR count). The zero-order chi connectivity index (χ0) is 12.4. The van der Waals surface area contributed by atoms with E-state index in [1.807, 2.05) is 6.92 Å². The van der Waals surface area contributed by atoms with Crippen LogP contribution in [0.5, 0.6) is 0 Å². The Balaban J connectivity index is 2.08. The smallest absolute Gasteiger partial charge is 0.338 e. The molecule has 2 N–H and O–H groups in total. The third-order valence-corrected chi connectivity index (χ3v) is 2.89. The predicted molar refractivity (Wildman–Crippen MR) is 61.6 cm³/mol. The Morgan fingerprint density at radius 1 is 1.71 bits per heavy atom. The first-order valence-electron chi connectivity index (χ1n) is 5.72. The Hall–Kier alpha value is -1.65. The maximum Gasteiger partial charge on any atom is 0.338 e. The molecule has 5 heteroatoms. The van der Waals surface area contributed by atoms with E-state index in [1.165, 1.54) is 19.0 Å². The van der Waals surface area contributed by atoms with Crippen molar-refractivity contribution in [3.05, 3.63) is 23.6 Å². The summed E-state index contributed by atoms with van der Waals surface area (Å²) in [5, 5.41) is 11.7. The van der Waals surface area contributed by atoms with Crippen molar-refractivity contribution in [1.29, 1.82) is 0 Å². The minimum Gasteiger partial charge on any atom is -0.478 e. The minimum atomic E-state index is -1.28. The lowest BCUT2D eigenvalue weighted by Crippen LogP contribution is -2.18. The molecular weight excluding hydrogens is 223 g/mol. The van der Waals surface area contributed by atoms with E-state index in [4.69, 9.17) is 5.11 Å². The molecule has 4 nitrogen and oxygen atoms in total. The molecule has 0 aliphatic heterocycles. The Morgan fingerprint density at radius 2 is 2.41 bits per heavy atom. The molecule has 1 unspecified atom stereocenters. The first kappa shape index (κ1) is 11.8. The Labute approximate surface area is 98.9 Å². The van der Waals surface area contributed by atoms with Crippen LogP contribution in [0.25, 0.3) is 0 Å². The maximum atomic E-state index is 13.7. The van der Waals surface area contributed by atoms with Gasteiger partial charge in [-0.1, -0.05) is 12.8 Å². The van der Waals surface area contributed by atoms with Gasteiger partial charge < -0.3 is 10.4 Å². The van der Waals surface area contributed by atoms with Gasteiger partial charge in [-0.05, 0) is 25.3 Å². The fourth-order valence-corrected chi connectivity index (χ4v) is 1.86. The molecule has 1 aliphatic rings. The van der Waals surface area contributed by atoms with Gasteiger partial charge in [-0.3, -0.25) is 0 Å². The second kappa shape index (κ2) is 4.69. The lowest BCUT2D eigenvalue weighted by atomic mass is 10.1. The number of halogens is 1. The van der Waals surface area contributed by atoms with Crippen molar-refractivity contribution in [2.24, 2.45) is 5.92 Å². The number of pyridine rings is 1. The molecule has 0 radical (unpaired) electrons. The summed E-state index contributed by atoms with van der Waals surface area (Å²) in [6, 6.07) is 1.27. The molecule has 1 heterocycles. The fraction of sp³-hybridized carbons (Fsp3) is 0.500. The first-order valence-corrected chi connectivity index (χ1v) is 5.72. The summed E-state index contributed by atoms with van der Waals surface area (Å²) in [4.78, 5) is 14.6. The summed E-state index contributed by atoms with van der Waals surface area (Å²) < 4.78 is 13.7. The Bertz CT molecular complexity index is 433. The number of hydrogen-bond donors (Lipinski definition) is 2. The molecule has 1 atom stereocenters. The lowest BCUT2D eigenvalue weighted by Gasteiger charge is -2.14. The number of carbonyl (C=O) groups is 1. The van der Waals surface area contributed by atoms with Gasteiger partial charge in [-0.25, -0.2) is 14.2 Å². The number of carboxylic acid groups (broad SMARTS) is 1. The summed E-state index contributed by atoms with van der Waals surface area (Å²) in [6.07, 6.45) is 4.74. The highest BCUT2D eigenvalue weighted by atomic mass is 19.1. The molecule has 1 fully saturated rings. The monoisotopic (exact) mass is 238 g/mol. The molecule has 0 spiro atoms. The third-order valence-electron chi connectivity index (χ3n) is 2.89. The van der Waals surface area contributed by atoms with Crippen molar-refractivity contribution in [2.75, 3.05) is 5.32 Å². The van der Waals surface area contributed by atoms with E-state index in [1.54, 1.807) is 0 Å². The van der Waals surface area contributed by atoms with Crippen LogP contribution in [0, 0.1) is 11.7 Å². The van der Waals surface area contributed by atoms with E-state index in [-0.39, 0.29) is 17.4 Å². The predicted octanol–water partition coefficient (Wildman–Crippen LogP) is 2.52. The third kappa shape index (κ3) is 2.93. The van der Waals surface area contributed by atoms with Gasteiger partial charge in [-0.15, -0.1) is 0 Å². The molecule has 1 aromatic rings. The van der Waals surface area contributed by atoms with Gasteiger partial charge >= 0.3 is 5.97 Å². The van der Waals surface area contributed by atoms with Gasteiger partial charge in [0.15, 0.2) is 11.6 Å². The Kier molecular flexibility index (Phi) is 3.26. The number of carboxylic acids is 1. The summed E-state index contributed by atoms with van der Waals surface area (Å²) in [5.74, 6) is -1.31. The molecule has 1 aromatic heterocycles. The van der Waals surface area contributed by atoms with Crippen molar-refractivity contribution in [1.82, 2.24) is 4.98 Å². The van der Waals surface area contributed by atoms with Crippen LogP contribution in [0.3, 0.4) is 0 Å². The average Bonchev–Trinajstić information content (AvgIpc) is 3.04. The largest absolute Gasteiger partial charge is 0.478 e. The van der Waals surface area contributed by atoms with Crippen molar-refractivity contribution < 1.29 is 14.3 Å². The van der Waals surface area contributed by atoms with Gasteiger partial charge in [0.1, 0.15) is 5.56 Å². The topological polar surface area (TPSA) is 62.2 Å². The SMILES string of the molecule is CC(CC1CC1)Nc1nccc(C(=O)O)c1F. The molecule has 0 bridgehead atoms. The normalized spacial score (nSPS) is 16.6. The van der Waals surface area contributed by atoms with E-state index in [0.29, 0.717) is 0 Å². The molecule has 0 amide bonds. The maximum absolute atomic E-state index is 13.7. The molecule has 92 valence electrons. The number of aromatic nitrogens is 1. The quantitative estimate of drug-likeness (QED) is 0.827. The molecule has 17 heavy (non-hydrogen) atoms. The molecular formula is C12H15FN2O2. The van der Waals surface area contributed by atoms with Gasteiger partial charge in [0.25, 0.3) is 0 Å². The van der Waals surface area contributed by atoms with Crippen LogP contribution < -0.4 is 5.32 Å². The van der Waals surface area contributed by atoms with Crippen LogP contribution in [0.4, 0.5) is 10.2 Å². The van der Waals surface area contributed by atoms with Gasteiger partial charge in [0.05, 0.1) is 0 Å². The number of anilines is 1. The van der Waals surface area contributed by atoms with Crippen molar-refractivity contribution >= 4 is 11.8 Å². The standard InChI is InChI=1S/C12H15FN2O2/c1-7(6-8-2-3-8)15-11-10(13)9(12(16)17)4-5-14-11/h4-5,7-8H,2-3,6H2,1H3,(H,14,15)(H,16,17). The second-order valence-electron chi connectivity index (χ2n) is 4.55. The van der Waals surface area contributed by atoms with E-state index >= 15 is 0 Å². The number of nitrogens with zero attached hydrogens (tertiary/aromatic N) is 1. The van der Waals surface area contributed by atoms with Crippen molar-refractivity contribution in [3.8, 4) is 0 Å². The lowest BCUT2D eigenvalue weighted by molar-refractivity contribution is 0.0692. The van der Waals surface area contributed by atoms with Crippen LogP contribution in [0.2, 0.25) is 0 Å². The molecule has 1 saturated carbocycles. The van der Waals surface area contributed by atoms with Crippen LogP contribution in [-0.4, -0.2) is 22.1 Å². The van der Waals surface area contributed by atoms with Crippen LogP contribution in [0.15, 0.2) is 12.3 Å². The van der Waals surface area contributed by atoms with E-state index in [0.717, 1.165) is 18.4 Å². The Morgan fingerprint density at radius 3 is 3.00 bits per heavy atom.